The topological polar surface area (TPSA) is 56.8 Å². The van der Waals surface area contributed by atoms with Crippen LogP contribution in [0.25, 0.3) is 0 Å². The van der Waals surface area contributed by atoms with Crippen molar-refractivity contribution < 1.29 is 19.0 Å². The van der Waals surface area contributed by atoms with Crippen molar-refractivity contribution in [2.24, 2.45) is 0 Å². The van der Waals surface area contributed by atoms with Crippen molar-refractivity contribution in [3.8, 4) is 17.2 Å². The Bertz CT molecular complexity index is 873. The number of rotatable bonds is 11. The van der Waals surface area contributed by atoms with Crippen LogP contribution in [0, 0.1) is 0 Å². The van der Waals surface area contributed by atoms with Crippen LogP contribution in [-0.2, 0) is 4.74 Å². The molecule has 0 aliphatic heterocycles. The maximum atomic E-state index is 11.7. The van der Waals surface area contributed by atoms with Gasteiger partial charge in [0.2, 0.25) is 0 Å². The first-order valence-corrected chi connectivity index (χ1v) is 10.8. The van der Waals surface area contributed by atoms with Crippen LogP contribution in [0.2, 0.25) is 0 Å². The Morgan fingerprint density at radius 2 is 1.40 bits per heavy atom. The van der Waals surface area contributed by atoms with Crippen LogP contribution in [0.5, 0.6) is 17.2 Å². The molecule has 156 valence electrons. The highest BCUT2D eigenvalue weighted by Gasteiger charge is 2.02. The van der Waals surface area contributed by atoms with Gasteiger partial charge in [-0.05, 0) is 60.7 Å². The van der Waals surface area contributed by atoms with E-state index in [4.69, 9.17) is 14.2 Å². The standard InChI is InChI=1S/C24H25NO4S/c26-24(25-16-7-19-30-23-10-5-2-6-11-23)28-18-17-27-20-12-14-22(15-13-20)29-21-8-3-1-4-9-21/h1-6,8-15H,7,16-19H2,(H,25,26). The lowest BCUT2D eigenvalue weighted by Gasteiger charge is -2.10. The van der Waals surface area contributed by atoms with Crippen LogP contribution < -0.4 is 14.8 Å². The molecule has 0 heterocycles. The molecule has 0 spiro atoms. The molecule has 1 N–H and O–H groups in total. The lowest BCUT2D eigenvalue weighted by atomic mass is 10.3. The zero-order valence-corrected chi connectivity index (χ0v) is 17.5. The first-order valence-electron chi connectivity index (χ1n) is 9.84. The molecule has 0 bridgehead atoms. The number of thioether (sulfide) groups is 1. The van der Waals surface area contributed by atoms with Crippen LogP contribution in [-0.4, -0.2) is 31.6 Å². The van der Waals surface area contributed by atoms with Gasteiger partial charge in [0.15, 0.2) is 0 Å². The molecule has 3 rings (SSSR count). The van der Waals surface area contributed by atoms with Crippen LogP contribution in [0.3, 0.4) is 0 Å². The lowest BCUT2D eigenvalue weighted by molar-refractivity contribution is 0.125. The number of carbonyl (C=O) groups excluding carboxylic acids is 1. The van der Waals surface area contributed by atoms with E-state index < -0.39 is 6.09 Å². The van der Waals surface area contributed by atoms with Gasteiger partial charge in [0, 0.05) is 11.4 Å². The first kappa shape index (κ1) is 21.6. The summed E-state index contributed by atoms with van der Waals surface area (Å²) in [7, 11) is 0. The van der Waals surface area contributed by atoms with Gasteiger partial charge in [0.05, 0.1) is 0 Å². The number of para-hydroxylation sites is 1. The van der Waals surface area contributed by atoms with Crippen molar-refractivity contribution in [1.82, 2.24) is 5.32 Å². The Morgan fingerprint density at radius 1 is 0.767 bits per heavy atom. The van der Waals surface area contributed by atoms with Crippen molar-refractivity contribution in [2.75, 3.05) is 25.5 Å². The Hall–Kier alpha value is -3.12. The smallest absolute Gasteiger partial charge is 0.407 e. The molecule has 0 aliphatic carbocycles. The van der Waals surface area contributed by atoms with Gasteiger partial charge in [-0.25, -0.2) is 4.79 Å². The van der Waals surface area contributed by atoms with Crippen molar-refractivity contribution in [2.45, 2.75) is 11.3 Å². The SMILES string of the molecule is O=C(NCCCSc1ccccc1)OCCOc1ccc(Oc2ccccc2)cc1. The molecule has 0 saturated heterocycles. The Morgan fingerprint density at radius 3 is 2.13 bits per heavy atom. The van der Waals surface area contributed by atoms with E-state index in [1.54, 1.807) is 11.8 Å². The molecule has 3 aromatic rings. The van der Waals surface area contributed by atoms with E-state index in [1.165, 1.54) is 4.90 Å². The van der Waals surface area contributed by atoms with Crippen molar-refractivity contribution in [1.29, 1.82) is 0 Å². The summed E-state index contributed by atoms with van der Waals surface area (Å²) in [6.45, 7) is 1.06. The van der Waals surface area contributed by atoms with Gasteiger partial charge < -0.3 is 19.5 Å². The maximum Gasteiger partial charge on any atom is 0.407 e. The molecular weight excluding hydrogens is 398 g/mol. The molecule has 0 saturated carbocycles. The fraction of sp³-hybridized carbons (Fsp3) is 0.208. The molecule has 5 nitrogen and oxygen atoms in total. The molecule has 0 radical (unpaired) electrons. The predicted molar refractivity (Wildman–Crippen MR) is 120 cm³/mol. The van der Waals surface area contributed by atoms with Crippen molar-refractivity contribution in [3.63, 3.8) is 0 Å². The minimum atomic E-state index is -0.421. The van der Waals surface area contributed by atoms with Gasteiger partial charge in [-0.3, -0.25) is 0 Å². The highest BCUT2D eigenvalue weighted by molar-refractivity contribution is 7.99. The van der Waals surface area contributed by atoms with E-state index in [-0.39, 0.29) is 13.2 Å². The highest BCUT2D eigenvalue weighted by Crippen LogP contribution is 2.23. The first-order chi connectivity index (χ1) is 14.8. The molecule has 0 fully saturated rings. The second-order valence-corrected chi connectivity index (χ2v) is 7.48. The number of hydrogen-bond donors (Lipinski definition) is 1. The number of ether oxygens (including phenoxy) is 3. The fourth-order valence-corrected chi connectivity index (χ4v) is 3.42. The summed E-state index contributed by atoms with van der Waals surface area (Å²) in [6.07, 6.45) is 0.456. The van der Waals surface area contributed by atoms with Gasteiger partial charge in [0.25, 0.3) is 0 Å². The third-order valence-corrected chi connectivity index (χ3v) is 5.09. The second-order valence-electron chi connectivity index (χ2n) is 6.31. The Labute approximate surface area is 181 Å². The minimum absolute atomic E-state index is 0.187. The highest BCUT2D eigenvalue weighted by atomic mass is 32.2. The molecule has 3 aromatic carbocycles. The van der Waals surface area contributed by atoms with E-state index in [0.29, 0.717) is 12.3 Å². The summed E-state index contributed by atoms with van der Waals surface area (Å²) in [6, 6.07) is 27.1. The molecule has 6 heteroatoms. The van der Waals surface area contributed by atoms with Gasteiger partial charge >= 0.3 is 6.09 Å². The number of nitrogens with one attached hydrogen (secondary N) is 1. The Balaban J connectivity index is 1.23. The fourth-order valence-electron chi connectivity index (χ4n) is 2.54. The van der Waals surface area contributed by atoms with Crippen LogP contribution in [0.1, 0.15) is 6.42 Å². The van der Waals surface area contributed by atoms with Crippen LogP contribution in [0.4, 0.5) is 4.79 Å². The number of amides is 1. The molecule has 0 atom stereocenters. The quantitative estimate of drug-likeness (QED) is 0.314. The summed E-state index contributed by atoms with van der Waals surface area (Å²) in [5.41, 5.74) is 0. The minimum Gasteiger partial charge on any atom is -0.490 e. The summed E-state index contributed by atoms with van der Waals surface area (Å²) in [4.78, 5) is 12.9. The second kappa shape index (κ2) is 12.4. The zero-order chi connectivity index (χ0) is 20.9. The normalized spacial score (nSPS) is 10.3. The average Bonchev–Trinajstić information content (AvgIpc) is 2.79. The van der Waals surface area contributed by atoms with E-state index in [2.05, 4.69) is 17.4 Å². The number of carbonyl (C=O) groups is 1. The summed E-state index contributed by atoms with van der Waals surface area (Å²) in [5, 5.41) is 2.75. The molecule has 0 aromatic heterocycles. The molecule has 1 amide bonds. The maximum absolute atomic E-state index is 11.7. The van der Waals surface area contributed by atoms with Crippen molar-refractivity contribution in [3.05, 3.63) is 84.9 Å². The number of benzene rings is 3. The van der Waals surface area contributed by atoms with Gasteiger partial charge in [-0.2, -0.15) is 0 Å². The third kappa shape index (κ3) is 8.09. The molecule has 0 aliphatic rings. The van der Waals surface area contributed by atoms with Crippen LogP contribution >= 0.6 is 11.8 Å². The van der Waals surface area contributed by atoms with Gasteiger partial charge in [-0.15, -0.1) is 11.8 Å². The zero-order valence-electron chi connectivity index (χ0n) is 16.7. The number of hydrogen-bond acceptors (Lipinski definition) is 5. The molecule has 30 heavy (non-hydrogen) atoms. The molecular formula is C24H25NO4S. The van der Waals surface area contributed by atoms with E-state index in [9.17, 15) is 4.79 Å². The number of alkyl carbamates (subject to hydrolysis) is 1. The van der Waals surface area contributed by atoms with Crippen molar-refractivity contribution >= 4 is 17.9 Å². The average molecular weight is 424 g/mol. The lowest BCUT2D eigenvalue weighted by Crippen LogP contribution is -2.27. The molecule has 0 unspecified atom stereocenters. The third-order valence-electron chi connectivity index (χ3n) is 3.99. The van der Waals surface area contributed by atoms with E-state index in [0.717, 1.165) is 23.7 Å². The monoisotopic (exact) mass is 423 g/mol. The summed E-state index contributed by atoms with van der Waals surface area (Å²) in [5.74, 6) is 3.15. The summed E-state index contributed by atoms with van der Waals surface area (Å²) < 4.78 is 16.5. The van der Waals surface area contributed by atoms with E-state index >= 15 is 0 Å². The van der Waals surface area contributed by atoms with E-state index in [1.807, 2.05) is 72.8 Å². The van der Waals surface area contributed by atoms with Gasteiger partial charge in [-0.1, -0.05) is 36.4 Å². The predicted octanol–water partition coefficient (Wildman–Crippen LogP) is 5.77. The van der Waals surface area contributed by atoms with Gasteiger partial charge in [0.1, 0.15) is 30.5 Å². The largest absolute Gasteiger partial charge is 0.490 e. The Kier molecular flexibility index (Phi) is 8.95. The summed E-state index contributed by atoms with van der Waals surface area (Å²) >= 11 is 1.77. The van der Waals surface area contributed by atoms with Crippen LogP contribution in [0.15, 0.2) is 89.8 Å².